The molecule has 1 heterocycles. The minimum Gasteiger partial charge on any atom is -0.316 e. The normalized spacial score (nSPS) is 29.2. The van der Waals surface area contributed by atoms with Crippen molar-refractivity contribution in [2.75, 3.05) is 26.2 Å². The maximum atomic E-state index is 3.54. The third-order valence-electron chi connectivity index (χ3n) is 4.48. The molecule has 1 atom stereocenters. The van der Waals surface area contributed by atoms with Crippen molar-refractivity contribution in [1.29, 1.82) is 0 Å². The Bertz CT molecular complexity index is 231. The van der Waals surface area contributed by atoms with Gasteiger partial charge in [0.2, 0.25) is 0 Å². The SMILES string of the molecule is CC(C)CN(CC1(C)CCNC1)C1CCCC1.Cl. The summed E-state index contributed by atoms with van der Waals surface area (Å²) >= 11 is 0. The molecule has 0 aromatic carbocycles. The second-order valence-corrected chi connectivity index (χ2v) is 7.00. The van der Waals surface area contributed by atoms with Gasteiger partial charge in [0.05, 0.1) is 0 Å². The lowest BCUT2D eigenvalue weighted by atomic mass is 9.88. The van der Waals surface area contributed by atoms with Crippen molar-refractivity contribution in [3.8, 4) is 0 Å². The molecule has 108 valence electrons. The lowest BCUT2D eigenvalue weighted by Crippen LogP contribution is -2.44. The first-order chi connectivity index (χ1) is 8.09. The predicted octanol–water partition coefficient (Wildman–Crippen LogP) is 3.31. The molecule has 1 saturated heterocycles. The molecule has 1 N–H and O–H groups in total. The smallest absolute Gasteiger partial charge is 0.00956 e. The van der Waals surface area contributed by atoms with Gasteiger partial charge in [-0.3, -0.25) is 4.90 Å². The van der Waals surface area contributed by atoms with Gasteiger partial charge in [-0.1, -0.05) is 33.6 Å². The first-order valence-electron chi connectivity index (χ1n) is 7.54. The van der Waals surface area contributed by atoms with Crippen LogP contribution in [-0.4, -0.2) is 37.1 Å². The van der Waals surface area contributed by atoms with Crippen LogP contribution >= 0.6 is 12.4 Å². The molecule has 18 heavy (non-hydrogen) atoms. The fourth-order valence-electron chi connectivity index (χ4n) is 3.58. The molecule has 0 spiro atoms. The molecular formula is C15H31ClN2. The lowest BCUT2D eigenvalue weighted by molar-refractivity contribution is 0.116. The maximum absolute atomic E-state index is 3.54. The van der Waals surface area contributed by atoms with Crippen LogP contribution in [0.4, 0.5) is 0 Å². The Morgan fingerprint density at radius 2 is 1.94 bits per heavy atom. The second-order valence-electron chi connectivity index (χ2n) is 7.00. The molecule has 3 heteroatoms. The van der Waals surface area contributed by atoms with Crippen LogP contribution in [0.5, 0.6) is 0 Å². The van der Waals surface area contributed by atoms with Gasteiger partial charge in [0, 0.05) is 25.7 Å². The van der Waals surface area contributed by atoms with Gasteiger partial charge in [-0.15, -0.1) is 12.4 Å². The summed E-state index contributed by atoms with van der Waals surface area (Å²) in [7, 11) is 0. The summed E-state index contributed by atoms with van der Waals surface area (Å²) in [5.74, 6) is 0.800. The average molecular weight is 275 g/mol. The van der Waals surface area contributed by atoms with E-state index in [9.17, 15) is 0 Å². The molecule has 2 aliphatic rings. The molecule has 0 aromatic rings. The van der Waals surface area contributed by atoms with E-state index in [1.807, 2.05) is 0 Å². The van der Waals surface area contributed by atoms with Gasteiger partial charge in [-0.25, -0.2) is 0 Å². The van der Waals surface area contributed by atoms with Gasteiger partial charge in [-0.05, 0) is 37.1 Å². The minimum atomic E-state index is 0. The van der Waals surface area contributed by atoms with Crippen LogP contribution < -0.4 is 5.32 Å². The fourth-order valence-corrected chi connectivity index (χ4v) is 3.58. The fraction of sp³-hybridized carbons (Fsp3) is 1.00. The largest absolute Gasteiger partial charge is 0.316 e. The van der Waals surface area contributed by atoms with E-state index in [2.05, 4.69) is 31.0 Å². The molecule has 2 nitrogen and oxygen atoms in total. The molecule has 1 unspecified atom stereocenters. The summed E-state index contributed by atoms with van der Waals surface area (Å²) in [5, 5.41) is 3.54. The number of nitrogens with zero attached hydrogens (tertiary/aromatic N) is 1. The quantitative estimate of drug-likeness (QED) is 0.828. The summed E-state index contributed by atoms with van der Waals surface area (Å²) in [5.41, 5.74) is 0.525. The van der Waals surface area contributed by atoms with Crippen molar-refractivity contribution >= 4 is 12.4 Å². The van der Waals surface area contributed by atoms with Crippen LogP contribution in [-0.2, 0) is 0 Å². The molecule has 2 rings (SSSR count). The molecule has 0 aromatic heterocycles. The summed E-state index contributed by atoms with van der Waals surface area (Å²) in [4.78, 5) is 2.81. The van der Waals surface area contributed by atoms with E-state index in [0.717, 1.165) is 12.0 Å². The van der Waals surface area contributed by atoms with Gasteiger partial charge in [0.25, 0.3) is 0 Å². The van der Waals surface area contributed by atoms with Gasteiger partial charge in [0.1, 0.15) is 0 Å². The number of hydrogen-bond acceptors (Lipinski definition) is 2. The maximum Gasteiger partial charge on any atom is 0.00956 e. The summed E-state index contributed by atoms with van der Waals surface area (Å²) < 4.78 is 0. The zero-order valence-electron chi connectivity index (χ0n) is 12.4. The first-order valence-corrected chi connectivity index (χ1v) is 7.54. The molecule has 0 radical (unpaired) electrons. The molecule has 0 bridgehead atoms. The lowest BCUT2D eigenvalue weighted by Gasteiger charge is -2.37. The third-order valence-corrected chi connectivity index (χ3v) is 4.48. The zero-order valence-corrected chi connectivity index (χ0v) is 13.2. The summed E-state index contributed by atoms with van der Waals surface area (Å²) in [6.07, 6.45) is 7.14. The second kappa shape index (κ2) is 7.12. The van der Waals surface area contributed by atoms with Gasteiger partial charge < -0.3 is 5.32 Å². The Balaban J connectivity index is 0.00000162. The van der Waals surface area contributed by atoms with Crippen LogP contribution in [0.15, 0.2) is 0 Å². The summed E-state index contributed by atoms with van der Waals surface area (Å²) in [6, 6.07) is 0.884. The molecule has 0 amide bonds. The van der Waals surface area contributed by atoms with Crippen LogP contribution in [0.25, 0.3) is 0 Å². The van der Waals surface area contributed by atoms with Crippen molar-refractivity contribution in [2.24, 2.45) is 11.3 Å². The van der Waals surface area contributed by atoms with Crippen molar-refractivity contribution in [2.45, 2.75) is 58.9 Å². The molecular weight excluding hydrogens is 244 g/mol. The Morgan fingerprint density at radius 3 is 2.44 bits per heavy atom. The van der Waals surface area contributed by atoms with Crippen molar-refractivity contribution in [1.82, 2.24) is 10.2 Å². The average Bonchev–Trinajstić information content (AvgIpc) is 2.87. The van der Waals surface area contributed by atoms with Crippen LogP contribution in [0.3, 0.4) is 0 Å². The minimum absolute atomic E-state index is 0. The Hall–Kier alpha value is 0.210. The highest BCUT2D eigenvalue weighted by molar-refractivity contribution is 5.85. The summed E-state index contributed by atoms with van der Waals surface area (Å²) in [6.45, 7) is 12.2. The van der Waals surface area contributed by atoms with E-state index in [1.54, 1.807) is 0 Å². The van der Waals surface area contributed by atoms with E-state index in [0.29, 0.717) is 5.41 Å². The first kappa shape index (κ1) is 16.3. The van der Waals surface area contributed by atoms with Gasteiger partial charge in [0.15, 0.2) is 0 Å². The van der Waals surface area contributed by atoms with E-state index in [1.165, 1.54) is 58.3 Å². The zero-order chi connectivity index (χ0) is 12.3. The highest BCUT2D eigenvalue weighted by Gasteiger charge is 2.33. The number of halogens is 1. The van der Waals surface area contributed by atoms with Crippen molar-refractivity contribution < 1.29 is 0 Å². The van der Waals surface area contributed by atoms with Crippen LogP contribution in [0.1, 0.15) is 52.9 Å². The predicted molar refractivity (Wildman–Crippen MR) is 81.5 cm³/mol. The van der Waals surface area contributed by atoms with E-state index >= 15 is 0 Å². The molecule has 1 saturated carbocycles. The third kappa shape index (κ3) is 4.40. The van der Waals surface area contributed by atoms with E-state index < -0.39 is 0 Å². The van der Waals surface area contributed by atoms with E-state index in [4.69, 9.17) is 0 Å². The van der Waals surface area contributed by atoms with Crippen LogP contribution in [0.2, 0.25) is 0 Å². The number of rotatable bonds is 5. The van der Waals surface area contributed by atoms with Crippen LogP contribution in [0, 0.1) is 11.3 Å². The number of nitrogens with one attached hydrogen (secondary N) is 1. The Labute approximate surface area is 119 Å². The van der Waals surface area contributed by atoms with Gasteiger partial charge >= 0.3 is 0 Å². The molecule has 1 aliphatic carbocycles. The van der Waals surface area contributed by atoms with Crippen molar-refractivity contribution in [3.63, 3.8) is 0 Å². The standard InChI is InChI=1S/C15H30N2.ClH/c1-13(2)10-17(14-6-4-5-7-14)12-15(3)8-9-16-11-15;/h13-14,16H,4-12H2,1-3H3;1H. The molecule has 1 aliphatic heterocycles. The highest BCUT2D eigenvalue weighted by Crippen LogP contribution is 2.31. The van der Waals surface area contributed by atoms with E-state index in [-0.39, 0.29) is 12.4 Å². The topological polar surface area (TPSA) is 15.3 Å². The Kier molecular flexibility index (Phi) is 6.43. The molecule has 2 fully saturated rings. The van der Waals surface area contributed by atoms with Gasteiger partial charge in [-0.2, -0.15) is 0 Å². The van der Waals surface area contributed by atoms with Crippen molar-refractivity contribution in [3.05, 3.63) is 0 Å². The number of hydrogen-bond donors (Lipinski definition) is 1. The highest BCUT2D eigenvalue weighted by atomic mass is 35.5. The monoisotopic (exact) mass is 274 g/mol. The Morgan fingerprint density at radius 1 is 1.28 bits per heavy atom.